The van der Waals surface area contributed by atoms with E-state index in [9.17, 15) is 33.9 Å². The van der Waals surface area contributed by atoms with Gasteiger partial charge in [-0.25, -0.2) is 0 Å². The van der Waals surface area contributed by atoms with Crippen LogP contribution in [-0.4, -0.2) is 54.0 Å². The second-order valence-electron chi connectivity index (χ2n) is 9.36. The van der Waals surface area contributed by atoms with Gasteiger partial charge in [0.1, 0.15) is 11.5 Å². The summed E-state index contributed by atoms with van der Waals surface area (Å²) in [5.74, 6) is -6.61. The summed E-state index contributed by atoms with van der Waals surface area (Å²) in [5.41, 5.74) is -3.05. The van der Waals surface area contributed by atoms with Crippen LogP contribution in [0.5, 0.6) is 5.75 Å². The van der Waals surface area contributed by atoms with Crippen molar-refractivity contribution in [2.45, 2.75) is 0 Å². The van der Waals surface area contributed by atoms with E-state index in [1.54, 1.807) is 6.07 Å². The number of rotatable bonds is 4. The first-order valence-corrected chi connectivity index (χ1v) is 12.3. The number of allylic oxidation sites excluding steroid dienone is 5. The molecule has 3 aromatic rings. The summed E-state index contributed by atoms with van der Waals surface area (Å²) >= 11 is 0. The fourth-order valence-corrected chi connectivity index (χ4v) is 5.38. The van der Waals surface area contributed by atoms with Crippen molar-refractivity contribution in [1.29, 1.82) is 0 Å². The summed E-state index contributed by atoms with van der Waals surface area (Å²) in [6.45, 7) is 0. The first kappa shape index (κ1) is 25.6. The van der Waals surface area contributed by atoms with Gasteiger partial charge >= 0.3 is 0 Å². The van der Waals surface area contributed by atoms with E-state index in [1.165, 1.54) is 67.8 Å². The molecule has 200 valence electrons. The Morgan fingerprint density at radius 3 is 1.44 bits per heavy atom. The Balaban J connectivity index is 1.75. The van der Waals surface area contributed by atoms with Crippen LogP contribution in [0.15, 0.2) is 94.8 Å². The Morgan fingerprint density at radius 2 is 0.927 bits per heavy atom. The third-order valence-corrected chi connectivity index (χ3v) is 7.30. The zero-order valence-electron chi connectivity index (χ0n) is 21.6. The molecule has 0 saturated carbocycles. The molecule has 41 heavy (non-hydrogen) atoms. The van der Waals surface area contributed by atoms with Crippen LogP contribution in [0.1, 0.15) is 57.4 Å². The Labute approximate surface area is 232 Å². The highest BCUT2D eigenvalue weighted by atomic mass is 16.5. The number of carbonyl (C=O) groups is 6. The van der Waals surface area contributed by atoms with Crippen LogP contribution in [-0.2, 0) is 9.53 Å². The summed E-state index contributed by atoms with van der Waals surface area (Å²) in [7, 11) is 2.49. The number of fused-ring (bicyclic) bond motifs is 3. The van der Waals surface area contributed by atoms with E-state index in [4.69, 9.17) is 9.47 Å². The molecule has 1 N–H and O–H groups in total. The van der Waals surface area contributed by atoms with Gasteiger partial charge in [0.2, 0.25) is 17.3 Å². The third-order valence-electron chi connectivity index (χ3n) is 7.30. The van der Waals surface area contributed by atoms with Gasteiger partial charge in [0.25, 0.3) is 0 Å². The van der Waals surface area contributed by atoms with Crippen LogP contribution >= 0.6 is 0 Å². The maximum atomic E-state index is 14.1. The molecule has 0 amide bonds. The second-order valence-corrected chi connectivity index (χ2v) is 9.36. The molecule has 0 aliphatic heterocycles. The van der Waals surface area contributed by atoms with E-state index in [-0.39, 0.29) is 39.1 Å². The smallest absolute Gasteiger partial charge is 0.238 e. The molecule has 3 aromatic carbocycles. The van der Waals surface area contributed by atoms with Crippen molar-refractivity contribution < 1.29 is 43.3 Å². The molecule has 0 aromatic heterocycles. The van der Waals surface area contributed by atoms with E-state index in [1.807, 2.05) is 0 Å². The van der Waals surface area contributed by atoms with E-state index in [0.29, 0.717) is 0 Å². The second kappa shape index (κ2) is 9.20. The molecule has 6 rings (SSSR count). The molecule has 0 spiro atoms. The number of carbonyl (C=O) groups excluding carboxylic acids is 6. The van der Waals surface area contributed by atoms with Gasteiger partial charge in [0, 0.05) is 44.5 Å². The van der Waals surface area contributed by atoms with Crippen LogP contribution in [0.25, 0.3) is 5.76 Å². The standard InChI is InChI=1S/C32H18O9/c1-40-14-11-12-19-20(13-14)28(36)23(31(39)29(19)37)21-22(26(34)16-8-4-3-7-15(16)25(21)33)24-27(35)17-9-5-6-10-18(17)30(38)32(24)41-2/h3-13,36H,1-2H3. The minimum Gasteiger partial charge on any atom is -0.506 e. The zero-order valence-corrected chi connectivity index (χ0v) is 21.6. The first-order chi connectivity index (χ1) is 19.7. The van der Waals surface area contributed by atoms with Crippen molar-refractivity contribution in [2.75, 3.05) is 14.2 Å². The molecule has 0 radical (unpaired) electrons. The average Bonchev–Trinajstić information content (AvgIpc) is 3.00. The van der Waals surface area contributed by atoms with Gasteiger partial charge in [-0.1, -0.05) is 48.5 Å². The summed E-state index contributed by atoms with van der Waals surface area (Å²) in [6.07, 6.45) is 0. The molecule has 3 aliphatic carbocycles. The van der Waals surface area contributed by atoms with Gasteiger partial charge in [-0.3, -0.25) is 28.8 Å². The molecule has 9 heteroatoms. The lowest BCUT2D eigenvalue weighted by Gasteiger charge is -2.28. The topological polar surface area (TPSA) is 141 Å². The van der Waals surface area contributed by atoms with Crippen LogP contribution in [0.3, 0.4) is 0 Å². The first-order valence-electron chi connectivity index (χ1n) is 12.3. The van der Waals surface area contributed by atoms with Gasteiger partial charge in [0.05, 0.1) is 25.4 Å². The lowest BCUT2D eigenvalue weighted by atomic mass is 9.72. The maximum Gasteiger partial charge on any atom is 0.238 e. The molecule has 0 saturated heterocycles. The quantitative estimate of drug-likeness (QED) is 0.479. The minimum absolute atomic E-state index is 0.0299. The highest BCUT2D eigenvalue weighted by Gasteiger charge is 2.46. The third kappa shape index (κ3) is 3.49. The van der Waals surface area contributed by atoms with Crippen LogP contribution < -0.4 is 4.74 Å². The Morgan fingerprint density at radius 1 is 0.463 bits per heavy atom. The summed E-state index contributed by atoms with van der Waals surface area (Å²) in [6, 6.07) is 15.7. The highest BCUT2D eigenvalue weighted by molar-refractivity contribution is 6.55. The Bertz CT molecular complexity index is 1920. The molecule has 0 atom stereocenters. The van der Waals surface area contributed by atoms with E-state index >= 15 is 0 Å². The monoisotopic (exact) mass is 546 g/mol. The zero-order chi connectivity index (χ0) is 29.2. The van der Waals surface area contributed by atoms with E-state index in [2.05, 4.69) is 0 Å². The molecule has 9 nitrogen and oxygen atoms in total. The van der Waals surface area contributed by atoms with Crippen LogP contribution in [0, 0.1) is 0 Å². The van der Waals surface area contributed by atoms with Crippen molar-refractivity contribution in [3.63, 3.8) is 0 Å². The highest BCUT2D eigenvalue weighted by Crippen LogP contribution is 2.43. The van der Waals surface area contributed by atoms with Gasteiger partial charge in [-0.15, -0.1) is 0 Å². The number of Topliss-reactive ketones (excluding diaryl/α,β-unsaturated/α-hetero) is 6. The summed E-state index contributed by atoms with van der Waals surface area (Å²) < 4.78 is 10.5. The number of aliphatic hydroxyl groups is 1. The number of ether oxygens (including phenoxy) is 2. The van der Waals surface area contributed by atoms with Crippen molar-refractivity contribution in [2.24, 2.45) is 0 Å². The number of aliphatic hydroxyl groups excluding tert-OH is 1. The van der Waals surface area contributed by atoms with Crippen molar-refractivity contribution in [1.82, 2.24) is 0 Å². The Hall–Kier alpha value is -5.70. The lowest BCUT2D eigenvalue weighted by Crippen LogP contribution is -2.34. The predicted molar refractivity (Wildman–Crippen MR) is 143 cm³/mol. The van der Waals surface area contributed by atoms with Crippen molar-refractivity contribution in [3.05, 3.63) is 128 Å². The molecule has 0 fully saturated rings. The number of hydrogen-bond acceptors (Lipinski definition) is 9. The normalized spacial score (nSPS) is 16.6. The summed E-state index contributed by atoms with van der Waals surface area (Å²) in [4.78, 5) is 82.3. The van der Waals surface area contributed by atoms with Crippen LogP contribution in [0.2, 0.25) is 0 Å². The number of methoxy groups -OCH3 is 2. The van der Waals surface area contributed by atoms with Crippen LogP contribution in [0.4, 0.5) is 0 Å². The predicted octanol–water partition coefficient (Wildman–Crippen LogP) is 4.09. The van der Waals surface area contributed by atoms with Gasteiger partial charge < -0.3 is 14.6 Å². The maximum absolute atomic E-state index is 14.1. The number of hydrogen-bond donors (Lipinski definition) is 1. The molecule has 0 heterocycles. The summed E-state index contributed by atoms with van der Waals surface area (Å²) in [5, 5.41) is 11.4. The number of benzene rings is 3. The van der Waals surface area contributed by atoms with Gasteiger partial charge in [-0.2, -0.15) is 0 Å². The van der Waals surface area contributed by atoms with Crippen molar-refractivity contribution >= 4 is 40.5 Å². The Kier molecular flexibility index (Phi) is 5.74. The molecular weight excluding hydrogens is 528 g/mol. The van der Waals surface area contributed by atoms with Crippen molar-refractivity contribution in [3.8, 4) is 5.75 Å². The fourth-order valence-electron chi connectivity index (χ4n) is 5.38. The SMILES string of the molecule is COC1=C(C2=C(C3=C(O)c4cc(OC)ccc4C(=O)C3=O)C(=O)c3ccccc3C2=O)C(=O)c2ccccc2C1=O. The fraction of sp³-hybridized carbons (Fsp3) is 0.0625. The largest absolute Gasteiger partial charge is 0.506 e. The van der Waals surface area contributed by atoms with E-state index in [0.717, 1.165) is 7.11 Å². The average molecular weight is 546 g/mol. The minimum atomic E-state index is -1.26. The molecule has 0 unspecified atom stereocenters. The molecular formula is C32H18O9. The lowest BCUT2D eigenvalue weighted by molar-refractivity contribution is -0.111. The molecule has 3 aliphatic rings. The van der Waals surface area contributed by atoms with Gasteiger partial charge in [-0.05, 0) is 18.2 Å². The number of ketones is 6. The van der Waals surface area contributed by atoms with E-state index < -0.39 is 68.5 Å². The van der Waals surface area contributed by atoms with Gasteiger partial charge in [0.15, 0.2) is 23.1 Å². The molecule has 0 bridgehead atoms.